The molecule has 0 aliphatic carbocycles. The van der Waals surface area contributed by atoms with E-state index < -0.39 is 5.60 Å². The minimum absolute atomic E-state index is 0.0381. The fraction of sp³-hybridized carbons (Fsp3) is 0.579. The van der Waals surface area contributed by atoms with E-state index in [0.717, 1.165) is 5.56 Å². The molecule has 1 aromatic carbocycles. The van der Waals surface area contributed by atoms with E-state index in [-0.39, 0.29) is 11.9 Å². The Hall–Kier alpha value is -1.75. The van der Waals surface area contributed by atoms with E-state index in [4.69, 9.17) is 21.1 Å². The first-order valence-electron chi connectivity index (χ1n) is 8.40. The van der Waals surface area contributed by atoms with Crippen LogP contribution < -0.4 is 4.74 Å². The van der Waals surface area contributed by atoms with E-state index in [1.807, 2.05) is 32.9 Å². The van der Waals surface area contributed by atoms with E-state index in [0.29, 0.717) is 43.0 Å². The van der Waals surface area contributed by atoms with Gasteiger partial charge in [-0.15, -0.1) is 0 Å². The minimum Gasteiger partial charge on any atom is -0.495 e. The summed E-state index contributed by atoms with van der Waals surface area (Å²) in [6.07, 6.45) is 1.90. The largest absolute Gasteiger partial charge is 0.495 e. The zero-order valence-corrected chi connectivity index (χ0v) is 16.5. The average molecular weight is 370 g/mol. The van der Waals surface area contributed by atoms with Crippen LogP contribution in [0, 0.1) is 0 Å². The monoisotopic (exact) mass is 369 g/mol. The maximum absolute atomic E-state index is 12.2. The molecule has 0 aliphatic rings. The number of esters is 1. The van der Waals surface area contributed by atoms with Crippen LogP contribution in [0.3, 0.4) is 0 Å². The SMILES string of the molecule is COc1ccc(CCC(=O)N(C)CCCC(=O)OC(C)(C)C)cc1Cl. The van der Waals surface area contributed by atoms with E-state index in [1.165, 1.54) is 0 Å². The van der Waals surface area contributed by atoms with Gasteiger partial charge in [0.15, 0.2) is 0 Å². The highest BCUT2D eigenvalue weighted by molar-refractivity contribution is 6.32. The van der Waals surface area contributed by atoms with Gasteiger partial charge >= 0.3 is 5.97 Å². The van der Waals surface area contributed by atoms with E-state index in [9.17, 15) is 9.59 Å². The van der Waals surface area contributed by atoms with Crippen molar-refractivity contribution in [2.24, 2.45) is 0 Å². The summed E-state index contributed by atoms with van der Waals surface area (Å²) in [5.41, 5.74) is 0.514. The molecule has 0 saturated heterocycles. The number of amides is 1. The smallest absolute Gasteiger partial charge is 0.306 e. The van der Waals surface area contributed by atoms with E-state index >= 15 is 0 Å². The lowest BCUT2D eigenvalue weighted by Gasteiger charge is -2.20. The molecule has 0 atom stereocenters. The fourth-order valence-corrected chi connectivity index (χ4v) is 2.57. The average Bonchev–Trinajstić information content (AvgIpc) is 2.50. The summed E-state index contributed by atoms with van der Waals surface area (Å²) in [7, 11) is 3.31. The molecular formula is C19H28ClNO4. The molecule has 0 unspecified atom stereocenters. The summed E-state index contributed by atoms with van der Waals surface area (Å²) in [5, 5.41) is 0.540. The molecule has 6 heteroatoms. The second-order valence-electron chi connectivity index (χ2n) is 6.97. The quantitative estimate of drug-likeness (QED) is 0.653. The third-order valence-electron chi connectivity index (χ3n) is 3.56. The number of hydrogen-bond acceptors (Lipinski definition) is 4. The molecule has 0 heterocycles. The molecule has 25 heavy (non-hydrogen) atoms. The van der Waals surface area contributed by atoms with Crippen molar-refractivity contribution in [1.29, 1.82) is 0 Å². The van der Waals surface area contributed by atoms with Gasteiger partial charge in [0.2, 0.25) is 5.91 Å². The van der Waals surface area contributed by atoms with Crippen LogP contribution in [-0.2, 0) is 20.7 Å². The zero-order chi connectivity index (χ0) is 19.0. The first-order chi connectivity index (χ1) is 11.6. The van der Waals surface area contributed by atoms with Crippen molar-refractivity contribution < 1.29 is 19.1 Å². The molecule has 1 rings (SSSR count). The molecule has 5 nitrogen and oxygen atoms in total. The maximum atomic E-state index is 12.2. The third-order valence-corrected chi connectivity index (χ3v) is 3.86. The number of rotatable bonds is 8. The van der Waals surface area contributed by atoms with Gasteiger partial charge in [-0.2, -0.15) is 0 Å². The van der Waals surface area contributed by atoms with Gasteiger partial charge in [0.25, 0.3) is 0 Å². The summed E-state index contributed by atoms with van der Waals surface area (Å²) in [4.78, 5) is 25.5. The number of carbonyl (C=O) groups excluding carboxylic acids is 2. The number of nitrogens with zero attached hydrogens (tertiary/aromatic N) is 1. The van der Waals surface area contributed by atoms with Crippen LogP contribution in [0.15, 0.2) is 18.2 Å². The predicted molar refractivity (Wildman–Crippen MR) is 99.0 cm³/mol. The van der Waals surface area contributed by atoms with Crippen LogP contribution in [0.1, 0.15) is 45.6 Å². The molecule has 140 valence electrons. The molecule has 0 saturated carbocycles. The lowest BCUT2D eigenvalue weighted by atomic mass is 10.1. The van der Waals surface area contributed by atoms with Gasteiger partial charge in [-0.05, 0) is 51.3 Å². The first kappa shape index (κ1) is 21.3. The molecule has 0 radical (unpaired) electrons. The van der Waals surface area contributed by atoms with Gasteiger partial charge < -0.3 is 14.4 Å². The normalized spacial score (nSPS) is 11.1. The van der Waals surface area contributed by atoms with Crippen molar-refractivity contribution in [1.82, 2.24) is 4.90 Å². The molecule has 0 aliphatic heterocycles. The zero-order valence-electron chi connectivity index (χ0n) is 15.7. The Kier molecular flexibility index (Phi) is 8.23. The Morgan fingerprint density at radius 3 is 2.44 bits per heavy atom. The third kappa shape index (κ3) is 8.25. The molecule has 0 aromatic heterocycles. The van der Waals surface area contributed by atoms with Crippen LogP contribution in [0.4, 0.5) is 0 Å². The molecule has 1 amide bonds. The minimum atomic E-state index is -0.474. The number of aryl methyl sites for hydroxylation is 1. The molecule has 0 N–H and O–H groups in total. The fourth-order valence-electron chi connectivity index (χ4n) is 2.29. The standard InChI is InChI=1S/C19H28ClNO4/c1-19(2,3)25-18(23)7-6-12-21(4)17(22)11-9-14-8-10-16(24-5)15(20)13-14/h8,10,13H,6-7,9,11-12H2,1-5H3. The Morgan fingerprint density at radius 1 is 1.20 bits per heavy atom. The summed E-state index contributed by atoms with van der Waals surface area (Å²) in [6.45, 7) is 6.05. The van der Waals surface area contributed by atoms with Gasteiger partial charge in [-0.3, -0.25) is 9.59 Å². The number of carbonyl (C=O) groups is 2. The number of benzene rings is 1. The van der Waals surface area contributed by atoms with Crippen molar-refractivity contribution in [2.75, 3.05) is 20.7 Å². The van der Waals surface area contributed by atoms with Crippen molar-refractivity contribution in [2.45, 2.75) is 52.1 Å². The van der Waals surface area contributed by atoms with Crippen molar-refractivity contribution in [3.63, 3.8) is 0 Å². The van der Waals surface area contributed by atoms with Crippen LogP contribution in [0.2, 0.25) is 5.02 Å². The van der Waals surface area contributed by atoms with Gasteiger partial charge in [0, 0.05) is 26.4 Å². The number of methoxy groups -OCH3 is 1. The Labute approximate surface area is 155 Å². The van der Waals surface area contributed by atoms with Gasteiger partial charge in [0.05, 0.1) is 12.1 Å². The molecule has 0 bridgehead atoms. The molecule has 1 aromatic rings. The van der Waals surface area contributed by atoms with Crippen molar-refractivity contribution in [3.8, 4) is 5.75 Å². The number of halogens is 1. The summed E-state index contributed by atoms with van der Waals surface area (Å²) in [5.74, 6) is 0.424. The second-order valence-corrected chi connectivity index (χ2v) is 7.38. The summed E-state index contributed by atoms with van der Waals surface area (Å²) >= 11 is 6.09. The van der Waals surface area contributed by atoms with Crippen LogP contribution >= 0.6 is 11.6 Å². The van der Waals surface area contributed by atoms with Crippen LogP contribution in [0.5, 0.6) is 5.75 Å². The Balaban J connectivity index is 2.35. The van der Waals surface area contributed by atoms with Crippen molar-refractivity contribution >= 4 is 23.5 Å². The topological polar surface area (TPSA) is 55.8 Å². The predicted octanol–water partition coefficient (Wildman–Crippen LogP) is 3.86. The second kappa shape index (κ2) is 9.66. The highest BCUT2D eigenvalue weighted by Crippen LogP contribution is 2.25. The Bertz CT molecular complexity index is 596. The Morgan fingerprint density at radius 2 is 1.88 bits per heavy atom. The number of hydrogen-bond donors (Lipinski definition) is 0. The van der Waals surface area contributed by atoms with Gasteiger partial charge in [0.1, 0.15) is 11.4 Å². The van der Waals surface area contributed by atoms with E-state index in [2.05, 4.69) is 0 Å². The molecule has 0 fully saturated rings. The molecule has 0 spiro atoms. The van der Waals surface area contributed by atoms with Gasteiger partial charge in [-0.25, -0.2) is 0 Å². The lowest BCUT2D eigenvalue weighted by molar-refractivity contribution is -0.155. The van der Waals surface area contributed by atoms with Crippen LogP contribution in [0.25, 0.3) is 0 Å². The van der Waals surface area contributed by atoms with Crippen LogP contribution in [-0.4, -0.2) is 43.1 Å². The maximum Gasteiger partial charge on any atom is 0.306 e. The lowest BCUT2D eigenvalue weighted by Crippen LogP contribution is -2.29. The first-order valence-corrected chi connectivity index (χ1v) is 8.78. The van der Waals surface area contributed by atoms with E-state index in [1.54, 1.807) is 25.1 Å². The number of ether oxygens (including phenoxy) is 2. The van der Waals surface area contributed by atoms with Gasteiger partial charge in [-0.1, -0.05) is 17.7 Å². The summed E-state index contributed by atoms with van der Waals surface area (Å²) < 4.78 is 10.4. The highest BCUT2D eigenvalue weighted by Gasteiger charge is 2.16. The molecular weight excluding hydrogens is 342 g/mol. The highest BCUT2D eigenvalue weighted by atomic mass is 35.5. The summed E-state index contributed by atoms with van der Waals surface area (Å²) in [6, 6.07) is 5.52. The van der Waals surface area contributed by atoms with Crippen molar-refractivity contribution in [3.05, 3.63) is 28.8 Å².